The average molecular weight is 300 g/mol. The summed E-state index contributed by atoms with van der Waals surface area (Å²) in [6.45, 7) is 1.63. The number of carboxylic acids is 1. The number of rotatable bonds is 5. The summed E-state index contributed by atoms with van der Waals surface area (Å²) in [5.74, 6) is -0.258. The first-order valence-corrected chi connectivity index (χ1v) is 6.99. The van der Waals surface area contributed by atoms with Gasteiger partial charge in [0.25, 0.3) is 0 Å². The number of aliphatic carboxylic acids is 1. The SMILES string of the molecule is CC(C(=O)O)c1cnc(Cc2ccc(N)cc2)nc1N(C)C. The summed E-state index contributed by atoms with van der Waals surface area (Å²) in [6, 6.07) is 7.54. The maximum Gasteiger partial charge on any atom is 0.310 e. The van der Waals surface area contributed by atoms with Gasteiger partial charge in [-0.2, -0.15) is 0 Å². The minimum absolute atomic E-state index is 0.572. The highest BCUT2D eigenvalue weighted by molar-refractivity contribution is 5.77. The zero-order valence-electron chi connectivity index (χ0n) is 12.9. The number of anilines is 2. The van der Waals surface area contributed by atoms with Gasteiger partial charge in [-0.25, -0.2) is 9.97 Å². The molecule has 0 saturated carbocycles. The molecule has 0 spiro atoms. The van der Waals surface area contributed by atoms with Gasteiger partial charge in [-0.1, -0.05) is 12.1 Å². The number of hydrogen-bond donors (Lipinski definition) is 2. The number of nitrogens with zero attached hydrogens (tertiary/aromatic N) is 3. The Morgan fingerprint density at radius 2 is 1.95 bits per heavy atom. The summed E-state index contributed by atoms with van der Waals surface area (Å²) >= 11 is 0. The van der Waals surface area contributed by atoms with Gasteiger partial charge in [-0.3, -0.25) is 4.79 Å². The smallest absolute Gasteiger partial charge is 0.310 e. The molecule has 6 nitrogen and oxygen atoms in total. The molecular weight excluding hydrogens is 280 g/mol. The fourth-order valence-corrected chi connectivity index (χ4v) is 2.12. The molecule has 1 aromatic heterocycles. The van der Waals surface area contributed by atoms with Crippen LogP contribution < -0.4 is 10.6 Å². The molecule has 2 rings (SSSR count). The molecule has 1 atom stereocenters. The number of nitrogens with two attached hydrogens (primary N) is 1. The molecule has 0 saturated heterocycles. The van der Waals surface area contributed by atoms with Crippen molar-refractivity contribution in [1.29, 1.82) is 0 Å². The highest BCUT2D eigenvalue weighted by atomic mass is 16.4. The van der Waals surface area contributed by atoms with Crippen molar-refractivity contribution in [1.82, 2.24) is 9.97 Å². The second-order valence-electron chi connectivity index (χ2n) is 5.44. The van der Waals surface area contributed by atoms with Crippen molar-refractivity contribution >= 4 is 17.5 Å². The van der Waals surface area contributed by atoms with Crippen LogP contribution in [0.15, 0.2) is 30.5 Å². The molecule has 0 aliphatic rings. The van der Waals surface area contributed by atoms with Crippen LogP contribution >= 0.6 is 0 Å². The number of benzene rings is 1. The molecule has 0 amide bonds. The molecular formula is C16H20N4O2. The Balaban J connectivity index is 2.33. The van der Waals surface area contributed by atoms with Crippen molar-refractivity contribution in [2.24, 2.45) is 0 Å². The van der Waals surface area contributed by atoms with E-state index in [1.54, 1.807) is 13.1 Å². The van der Waals surface area contributed by atoms with E-state index >= 15 is 0 Å². The average Bonchev–Trinajstić information content (AvgIpc) is 2.48. The highest BCUT2D eigenvalue weighted by Crippen LogP contribution is 2.24. The van der Waals surface area contributed by atoms with Crippen LogP contribution in [0.3, 0.4) is 0 Å². The van der Waals surface area contributed by atoms with E-state index in [9.17, 15) is 9.90 Å². The number of hydrogen-bond acceptors (Lipinski definition) is 5. The summed E-state index contributed by atoms with van der Waals surface area (Å²) in [7, 11) is 3.68. The van der Waals surface area contributed by atoms with Gasteiger partial charge in [0, 0.05) is 38.0 Å². The van der Waals surface area contributed by atoms with Crippen molar-refractivity contribution in [3.8, 4) is 0 Å². The Morgan fingerprint density at radius 3 is 2.50 bits per heavy atom. The van der Waals surface area contributed by atoms with E-state index in [1.165, 1.54) is 0 Å². The van der Waals surface area contributed by atoms with Crippen LogP contribution in [0, 0.1) is 0 Å². The first-order chi connectivity index (χ1) is 10.4. The lowest BCUT2D eigenvalue weighted by atomic mass is 10.0. The number of aromatic nitrogens is 2. The fraction of sp³-hybridized carbons (Fsp3) is 0.312. The Labute approximate surface area is 129 Å². The molecule has 3 N–H and O–H groups in total. The number of carbonyl (C=O) groups is 1. The van der Waals surface area contributed by atoms with Crippen LogP contribution in [0.2, 0.25) is 0 Å². The molecule has 0 aliphatic carbocycles. The van der Waals surface area contributed by atoms with E-state index < -0.39 is 11.9 Å². The summed E-state index contributed by atoms with van der Waals surface area (Å²) in [6.07, 6.45) is 2.18. The van der Waals surface area contributed by atoms with Gasteiger partial charge < -0.3 is 15.7 Å². The predicted molar refractivity (Wildman–Crippen MR) is 86.1 cm³/mol. The molecule has 1 aromatic carbocycles. The van der Waals surface area contributed by atoms with Crippen molar-refractivity contribution in [3.63, 3.8) is 0 Å². The lowest BCUT2D eigenvalue weighted by Gasteiger charge is -2.19. The van der Waals surface area contributed by atoms with E-state index in [0.29, 0.717) is 29.3 Å². The van der Waals surface area contributed by atoms with Gasteiger partial charge in [0.05, 0.1) is 5.92 Å². The van der Waals surface area contributed by atoms with Crippen LogP contribution in [0.25, 0.3) is 0 Å². The molecule has 0 radical (unpaired) electrons. The second kappa shape index (κ2) is 6.43. The van der Waals surface area contributed by atoms with E-state index in [-0.39, 0.29) is 0 Å². The van der Waals surface area contributed by atoms with E-state index in [2.05, 4.69) is 9.97 Å². The highest BCUT2D eigenvalue weighted by Gasteiger charge is 2.20. The largest absolute Gasteiger partial charge is 0.481 e. The molecule has 116 valence electrons. The Kier molecular flexibility index (Phi) is 4.60. The Bertz CT molecular complexity index is 668. The Morgan fingerprint density at radius 1 is 1.32 bits per heavy atom. The lowest BCUT2D eigenvalue weighted by molar-refractivity contribution is -0.138. The molecule has 1 heterocycles. The third-order valence-corrected chi connectivity index (χ3v) is 3.45. The molecule has 0 fully saturated rings. The first-order valence-electron chi connectivity index (χ1n) is 6.99. The summed E-state index contributed by atoms with van der Waals surface area (Å²) < 4.78 is 0. The minimum Gasteiger partial charge on any atom is -0.481 e. The summed E-state index contributed by atoms with van der Waals surface area (Å²) in [5, 5.41) is 9.19. The third-order valence-electron chi connectivity index (χ3n) is 3.45. The van der Waals surface area contributed by atoms with Gasteiger partial charge in [0.1, 0.15) is 11.6 Å². The van der Waals surface area contributed by atoms with Crippen LogP contribution in [0.5, 0.6) is 0 Å². The van der Waals surface area contributed by atoms with Crippen LogP contribution in [-0.2, 0) is 11.2 Å². The van der Waals surface area contributed by atoms with E-state index in [4.69, 9.17) is 5.73 Å². The molecule has 6 heteroatoms. The van der Waals surface area contributed by atoms with Crippen LogP contribution in [0.4, 0.5) is 11.5 Å². The molecule has 22 heavy (non-hydrogen) atoms. The molecule has 0 aliphatic heterocycles. The van der Waals surface area contributed by atoms with Crippen molar-refractivity contribution in [2.45, 2.75) is 19.3 Å². The van der Waals surface area contributed by atoms with Gasteiger partial charge in [-0.15, -0.1) is 0 Å². The van der Waals surface area contributed by atoms with E-state index in [1.807, 2.05) is 43.3 Å². The van der Waals surface area contributed by atoms with Crippen molar-refractivity contribution < 1.29 is 9.90 Å². The molecule has 2 aromatic rings. The maximum atomic E-state index is 11.2. The Hall–Kier alpha value is -2.63. The van der Waals surface area contributed by atoms with Gasteiger partial charge >= 0.3 is 5.97 Å². The zero-order valence-corrected chi connectivity index (χ0v) is 12.9. The predicted octanol–water partition coefficient (Wildman–Crippen LogP) is 1.90. The standard InChI is InChI=1S/C16H20N4O2/c1-10(16(21)22)13-9-18-14(19-15(13)20(2)3)8-11-4-6-12(17)7-5-11/h4-7,9-10H,8,17H2,1-3H3,(H,21,22). The van der Waals surface area contributed by atoms with Crippen molar-refractivity contribution in [2.75, 3.05) is 24.7 Å². The summed E-state index contributed by atoms with van der Waals surface area (Å²) in [4.78, 5) is 21.8. The van der Waals surface area contributed by atoms with Gasteiger partial charge in [0.2, 0.25) is 0 Å². The fourth-order valence-electron chi connectivity index (χ4n) is 2.12. The topological polar surface area (TPSA) is 92.3 Å². The monoisotopic (exact) mass is 300 g/mol. The van der Waals surface area contributed by atoms with Crippen LogP contribution in [-0.4, -0.2) is 35.1 Å². The second-order valence-corrected chi connectivity index (χ2v) is 5.44. The number of nitrogen functional groups attached to an aromatic ring is 1. The molecule has 1 unspecified atom stereocenters. The quantitative estimate of drug-likeness (QED) is 0.819. The van der Waals surface area contributed by atoms with Gasteiger partial charge in [-0.05, 0) is 24.6 Å². The van der Waals surface area contributed by atoms with Gasteiger partial charge in [0.15, 0.2) is 0 Å². The van der Waals surface area contributed by atoms with E-state index in [0.717, 1.165) is 5.56 Å². The molecule has 0 bridgehead atoms. The minimum atomic E-state index is -0.891. The third kappa shape index (κ3) is 3.52. The zero-order chi connectivity index (χ0) is 16.3. The summed E-state index contributed by atoms with van der Waals surface area (Å²) in [5.41, 5.74) is 8.05. The number of carboxylic acid groups (broad SMARTS) is 1. The normalized spacial score (nSPS) is 12.0. The maximum absolute atomic E-state index is 11.2. The lowest BCUT2D eigenvalue weighted by Crippen LogP contribution is -2.19. The van der Waals surface area contributed by atoms with Crippen molar-refractivity contribution in [3.05, 3.63) is 47.4 Å². The first kappa shape index (κ1) is 15.8. The van der Waals surface area contributed by atoms with Crippen LogP contribution in [0.1, 0.15) is 29.8 Å².